The number of nitrogens with one attached hydrogen (secondary N) is 3. The van der Waals surface area contributed by atoms with Gasteiger partial charge in [0.2, 0.25) is 15.7 Å². The SMILES string of the molecule is CS(=O)(=O)NCCOc1nonc1C(=N)Nc1ccc(F)c(Cl)c1. The maximum Gasteiger partial charge on any atom is 0.287 e. The van der Waals surface area contributed by atoms with Gasteiger partial charge in [-0.2, -0.15) is 0 Å². The third-order valence-electron chi connectivity index (χ3n) is 2.59. The molecule has 0 aliphatic heterocycles. The summed E-state index contributed by atoms with van der Waals surface area (Å²) in [6, 6.07) is 3.84. The normalized spacial score (nSPS) is 11.3. The summed E-state index contributed by atoms with van der Waals surface area (Å²) in [4.78, 5) is 0. The Morgan fingerprint density at radius 3 is 2.88 bits per heavy atom. The van der Waals surface area contributed by atoms with Crippen LogP contribution in [0.1, 0.15) is 5.69 Å². The maximum absolute atomic E-state index is 13.1. The summed E-state index contributed by atoms with van der Waals surface area (Å²) >= 11 is 5.66. The van der Waals surface area contributed by atoms with E-state index in [4.69, 9.17) is 21.7 Å². The first-order chi connectivity index (χ1) is 11.3. The Bertz CT molecular complexity index is 842. The van der Waals surface area contributed by atoms with Gasteiger partial charge in [-0.15, -0.1) is 0 Å². The Kier molecular flexibility index (Phi) is 5.70. The molecule has 0 aliphatic carbocycles. The lowest BCUT2D eigenvalue weighted by Gasteiger charge is -2.08. The molecule has 0 fully saturated rings. The number of benzene rings is 1. The van der Waals surface area contributed by atoms with E-state index < -0.39 is 15.8 Å². The highest BCUT2D eigenvalue weighted by molar-refractivity contribution is 7.88. The molecule has 0 unspecified atom stereocenters. The molecule has 130 valence electrons. The van der Waals surface area contributed by atoms with Gasteiger partial charge in [-0.1, -0.05) is 11.6 Å². The minimum Gasteiger partial charge on any atom is -0.472 e. The van der Waals surface area contributed by atoms with Crippen LogP contribution in [-0.2, 0) is 10.0 Å². The number of ether oxygens (including phenoxy) is 1. The maximum atomic E-state index is 13.1. The number of aromatic nitrogens is 2. The minimum absolute atomic E-state index is 0.0134. The van der Waals surface area contributed by atoms with Crippen LogP contribution in [0, 0.1) is 11.2 Å². The van der Waals surface area contributed by atoms with Gasteiger partial charge in [-0.05, 0) is 28.5 Å². The zero-order chi connectivity index (χ0) is 17.7. The van der Waals surface area contributed by atoms with Crippen LogP contribution in [0.2, 0.25) is 5.02 Å². The molecule has 12 heteroatoms. The molecule has 0 amide bonds. The van der Waals surface area contributed by atoms with Gasteiger partial charge in [-0.25, -0.2) is 22.2 Å². The zero-order valence-corrected chi connectivity index (χ0v) is 13.9. The van der Waals surface area contributed by atoms with Gasteiger partial charge >= 0.3 is 0 Å². The Hall–Kier alpha value is -2.24. The Labute approximate surface area is 141 Å². The standard InChI is InChI=1S/C12H13ClFN5O4S/c1-24(20,21)16-4-5-22-12-10(18-23-19-12)11(15)17-7-2-3-9(14)8(13)6-7/h2-3,6,16H,4-5H2,1H3,(H2,15,17). The highest BCUT2D eigenvalue weighted by atomic mass is 35.5. The second-order valence-corrected chi connectivity index (χ2v) is 6.80. The van der Waals surface area contributed by atoms with Crippen LogP contribution in [0.25, 0.3) is 0 Å². The Balaban J connectivity index is 1.98. The van der Waals surface area contributed by atoms with Gasteiger partial charge in [-0.3, -0.25) is 5.41 Å². The Morgan fingerprint density at radius 2 is 2.21 bits per heavy atom. The van der Waals surface area contributed by atoms with Gasteiger partial charge in [0.25, 0.3) is 5.88 Å². The number of sulfonamides is 1. The average molecular weight is 378 g/mol. The topological polar surface area (TPSA) is 130 Å². The van der Waals surface area contributed by atoms with E-state index in [1.54, 1.807) is 0 Å². The molecule has 0 saturated carbocycles. The van der Waals surface area contributed by atoms with Crippen molar-refractivity contribution < 1.29 is 22.2 Å². The fourth-order valence-electron chi connectivity index (χ4n) is 1.58. The number of halogens is 2. The van der Waals surface area contributed by atoms with Crippen molar-refractivity contribution in [3.63, 3.8) is 0 Å². The second-order valence-electron chi connectivity index (χ2n) is 4.56. The van der Waals surface area contributed by atoms with E-state index in [1.165, 1.54) is 12.1 Å². The predicted molar refractivity (Wildman–Crippen MR) is 84.5 cm³/mol. The van der Waals surface area contributed by atoms with E-state index >= 15 is 0 Å². The van der Waals surface area contributed by atoms with Crippen molar-refractivity contribution >= 4 is 33.1 Å². The molecule has 0 bridgehead atoms. The molecule has 2 aromatic rings. The van der Waals surface area contributed by atoms with Crippen molar-refractivity contribution in [2.45, 2.75) is 0 Å². The monoisotopic (exact) mass is 377 g/mol. The van der Waals surface area contributed by atoms with Gasteiger partial charge < -0.3 is 10.1 Å². The van der Waals surface area contributed by atoms with Crippen LogP contribution in [0.15, 0.2) is 22.8 Å². The number of nitrogens with zero attached hydrogens (tertiary/aromatic N) is 2. The molecule has 0 radical (unpaired) electrons. The summed E-state index contributed by atoms with van der Waals surface area (Å²) in [6.45, 7) is -0.0244. The van der Waals surface area contributed by atoms with Crippen LogP contribution < -0.4 is 14.8 Å². The van der Waals surface area contributed by atoms with E-state index in [2.05, 4.69) is 25.0 Å². The number of hydrogen-bond acceptors (Lipinski definition) is 7. The molecular weight excluding hydrogens is 365 g/mol. The zero-order valence-electron chi connectivity index (χ0n) is 12.3. The van der Waals surface area contributed by atoms with E-state index in [0.717, 1.165) is 12.3 Å². The predicted octanol–water partition coefficient (Wildman–Crippen LogP) is 1.23. The average Bonchev–Trinajstić information content (AvgIpc) is 2.95. The molecule has 9 nitrogen and oxygen atoms in total. The molecule has 0 atom stereocenters. The van der Waals surface area contributed by atoms with Crippen LogP contribution in [0.4, 0.5) is 10.1 Å². The second kappa shape index (κ2) is 7.55. The quantitative estimate of drug-likeness (QED) is 0.375. The van der Waals surface area contributed by atoms with Crippen molar-refractivity contribution in [1.82, 2.24) is 15.0 Å². The molecule has 0 saturated heterocycles. The van der Waals surface area contributed by atoms with E-state index in [1.807, 2.05) is 0 Å². The van der Waals surface area contributed by atoms with Gasteiger partial charge in [0, 0.05) is 12.2 Å². The van der Waals surface area contributed by atoms with Gasteiger partial charge in [0.05, 0.1) is 11.3 Å². The third kappa shape index (κ3) is 5.15. The van der Waals surface area contributed by atoms with Crippen molar-refractivity contribution in [2.75, 3.05) is 24.7 Å². The first-order valence-corrected chi connectivity index (χ1v) is 8.74. The third-order valence-corrected chi connectivity index (χ3v) is 3.61. The molecule has 0 aliphatic rings. The molecule has 24 heavy (non-hydrogen) atoms. The highest BCUT2D eigenvalue weighted by Gasteiger charge is 2.17. The minimum atomic E-state index is -3.33. The van der Waals surface area contributed by atoms with Crippen LogP contribution >= 0.6 is 11.6 Å². The van der Waals surface area contributed by atoms with E-state index in [9.17, 15) is 12.8 Å². The Morgan fingerprint density at radius 1 is 1.46 bits per heavy atom. The summed E-state index contributed by atoms with van der Waals surface area (Å²) in [6.07, 6.45) is 1.02. The first-order valence-electron chi connectivity index (χ1n) is 6.47. The largest absolute Gasteiger partial charge is 0.472 e. The van der Waals surface area contributed by atoms with Crippen molar-refractivity contribution in [3.05, 3.63) is 34.7 Å². The lowest BCUT2D eigenvalue weighted by molar-refractivity contribution is 0.258. The molecule has 2 rings (SSSR count). The molecule has 1 aromatic heterocycles. The lowest BCUT2D eigenvalue weighted by Crippen LogP contribution is -2.27. The summed E-state index contributed by atoms with van der Waals surface area (Å²) in [5.41, 5.74) is 0.328. The van der Waals surface area contributed by atoms with E-state index in [0.29, 0.717) is 5.69 Å². The van der Waals surface area contributed by atoms with Gasteiger partial charge in [0.1, 0.15) is 12.4 Å². The van der Waals surface area contributed by atoms with Crippen molar-refractivity contribution in [1.29, 1.82) is 5.41 Å². The molecule has 1 heterocycles. The van der Waals surface area contributed by atoms with Crippen LogP contribution in [0.5, 0.6) is 5.88 Å². The molecular formula is C12H13ClFN5O4S. The number of hydrogen-bond donors (Lipinski definition) is 3. The van der Waals surface area contributed by atoms with Crippen LogP contribution in [0.3, 0.4) is 0 Å². The highest BCUT2D eigenvalue weighted by Crippen LogP contribution is 2.21. The number of rotatable bonds is 7. The van der Waals surface area contributed by atoms with Crippen LogP contribution in [-0.4, -0.2) is 44.0 Å². The first kappa shape index (κ1) is 18.1. The summed E-state index contributed by atoms with van der Waals surface area (Å²) in [5.74, 6) is -0.889. The van der Waals surface area contributed by atoms with Crippen molar-refractivity contribution in [2.24, 2.45) is 0 Å². The number of amidine groups is 1. The van der Waals surface area contributed by atoms with E-state index in [-0.39, 0.29) is 35.6 Å². The van der Waals surface area contributed by atoms with Crippen molar-refractivity contribution in [3.8, 4) is 5.88 Å². The summed E-state index contributed by atoms with van der Waals surface area (Å²) in [5, 5.41) is 17.5. The smallest absolute Gasteiger partial charge is 0.287 e. The summed E-state index contributed by atoms with van der Waals surface area (Å²) < 4.78 is 46.9. The fraction of sp³-hybridized carbons (Fsp3) is 0.250. The summed E-state index contributed by atoms with van der Waals surface area (Å²) in [7, 11) is -3.33. The lowest BCUT2D eigenvalue weighted by atomic mass is 10.3. The fourth-order valence-corrected chi connectivity index (χ4v) is 2.21. The molecule has 0 spiro atoms. The van der Waals surface area contributed by atoms with Gasteiger partial charge in [0.15, 0.2) is 5.84 Å². The number of anilines is 1. The molecule has 3 N–H and O–H groups in total. The molecule has 1 aromatic carbocycles.